The molecule has 124 valence electrons. The Bertz CT molecular complexity index is 809. The maximum absolute atomic E-state index is 12.5. The molecule has 2 aromatic carbocycles. The van der Waals surface area contributed by atoms with Gasteiger partial charge in [-0.1, -0.05) is 29.8 Å². The van der Waals surface area contributed by atoms with Gasteiger partial charge in [-0.25, -0.2) is 0 Å². The zero-order valence-corrected chi connectivity index (χ0v) is 13.7. The molecule has 2 aromatic rings. The lowest BCUT2D eigenvalue weighted by atomic mass is 10.1. The van der Waals surface area contributed by atoms with Crippen molar-refractivity contribution in [3.63, 3.8) is 0 Å². The third kappa shape index (κ3) is 3.05. The van der Waals surface area contributed by atoms with Crippen molar-refractivity contribution in [2.24, 2.45) is 0 Å². The predicted molar refractivity (Wildman–Crippen MR) is 90.7 cm³/mol. The topological polar surface area (TPSA) is 72.7 Å². The highest BCUT2D eigenvalue weighted by Crippen LogP contribution is 2.32. The summed E-state index contributed by atoms with van der Waals surface area (Å²) in [7, 11) is 0. The van der Waals surface area contributed by atoms with Gasteiger partial charge >= 0.3 is 0 Å². The van der Waals surface area contributed by atoms with Crippen molar-refractivity contribution >= 4 is 28.9 Å². The lowest BCUT2D eigenvalue weighted by Crippen LogP contribution is -2.39. The number of non-ortho nitro benzene ring substituents is 1. The molecule has 0 spiro atoms. The van der Waals surface area contributed by atoms with Crippen LogP contribution in [0.15, 0.2) is 42.5 Å². The molecule has 1 aliphatic heterocycles. The fraction of sp³-hybridized carbons (Fsp3) is 0.235. The van der Waals surface area contributed by atoms with E-state index >= 15 is 0 Å². The van der Waals surface area contributed by atoms with E-state index < -0.39 is 4.92 Å². The van der Waals surface area contributed by atoms with E-state index in [9.17, 15) is 14.9 Å². The van der Waals surface area contributed by atoms with Gasteiger partial charge in [-0.2, -0.15) is 0 Å². The Morgan fingerprint density at radius 3 is 2.83 bits per heavy atom. The molecule has 0 saturated heterocycles. The van der Waals surface area contributed by atoms with E-state index in [1.54, 1.807) is 4.90 Å². The van der Waals surface area contributed by atoms with Crippen LogP contribution in [0.4, 0.5) is 11.4 Å². The number of nitro groups is 1. The quantitative estimate of drug-likeness (QED) is 0.626. The van der Waals surface area contributed by atoms with Crippen LogP contribution in [0.5, 0.6) is 5.75 Å². The van der Waals surface area contributed by atoms with Gasteiger partial charge in [0.15, 0.2) is 6.61 Å². The molecular formula is C17H15ClN2O4. The van der Waals surface area contributed by atoms with Gasteiger partial charge in [-0.05, 0) is 31.0 Å². The first-order valence-electron chi connectivity index (χ1n) is 7.44. The molecule has 24 heavy (non-hydrogen) atoms. The van der Waals surface area contributed by atoms with E-state index in [-0.39, 0.29) is 35.0 Å². The Labute approximate surface area is 143 Å². The number of carbonyl (C=O) groups is 1. The van der Waals surface area contributed by atoms with Crippen LogP contribution < -0.4 is 9.64 Å². The highest BCUT2D eigenvalue weighted by atomic mass is 35.5. The van der Waals surface area contributed by atoms with Crippen molar-refractivity contribution in [3.05, 3.63) is 63.2 Å². The summed E-state index contributed by atoms with van der Waals surface area (Å²) < 4.78 is 5.46. The molecule has 3 rings (SSSR count). The van der Waals surface area contributed by atoms with E-state index in [1.807, 2.05) is 31.2 Å². The van der Waals surface area contributed by atoms with E-state index in [0.717, 1.165) is 17.7 Å². The van der Waals surface area contributed by atoms with Crippen LogP contribution in [-0.2, 0) is 11.2 Å². The lowest BCUT2D eigenvalue weighted by molar-refractivity contribution is -0.384. The summed E-state index contributed by atoms with van der Waals surface area (Å²) in [6.07, 6.45) is 0.806. The van der Waals surface area contributed by atoms with Crippen LogP contribution in [-0.4, -0.2) is 23.5 Å². The smallest absolute Gasteiger partial charge is 0.271 e. The number of halogens is 1. The largest absolute Gasteiger partial charge is 0.482 e. The number of hydrogen-bond acceptors (Lipinski definition) is 4. The minimum atomic E-state index is -0.538. The normalized spacial score (nSPS) is 15.9. The van der Waals surface area contributed by atoms with Crippen LogP contribution in [0.2, 0.25) is 5.02 Å². The van der Waals surface area contributed by atoms with Gasteiger partial charge in [0.2, 0.25) is 0 Å². The van der Waals surface area contributed by atoms with Crippen molar-refractivity contribution < 1.29 is 14.5 Å². The van der Waals surface area contributed by atoms with E-state index in [1.165, 1.54) is 18.2 Å². The zero-order valence-electron chi connectivity index (χ0n) is 12.9. The van der Waals surface area contributed by atoms with Gasteiger partial charge < -0.3 is 9.64 Å². The van der Waals surface area contributed by atoms with Crippen LogP contribution >= 0.6 is 11.6 Å². The molecule has 1 aliphatic rings. The van der Waals surface area contributed by atoms with Crippen LogP contribution in [0.3, 0.4) is 0 Å². The molecule has 1 amide bonds. The molecule has 0 bridgehead atoms. The molecule has 0 N–H and O–H groups in total. The number of rotatable bonds is 4. The average Bonchev–Trinajstić information content (AvgIpc) is 2.89. The number of nitrogens with zero attached hydrogens (tertiary/aromatic N) is 2. The van der Waals surface area contributed by atoms with E-state index in [2.05, 4.69) is 0 Å². The number of carbonyl (C=O) groups excluding carboxylic acids is 1. The molecule has 0 unspecified atom stereocenters. The Hall–Kier alpha value is -2.60. The Balaban J connectivity index is 1.71. The standard InChI is InChI=1S/C17H15ClN2O4/c1-11-8-12-4-2-3-5-15(12)19(11)17(21)10-24-16-7-6-13(20(22)23)9-14(16)18/h2-7,9,11H,8,10H2,1H3/t11-/m1/s1. The first-order valence-corrected chi connectivity index (χ1v) is 7.82. The first-order chi connectivity index (χ1) is 11.5. The van der Waals surface area contributed by atoms with Gasteiger partial charge in [-0.3, -0.25) is 14.9 Å². The summed E-state index contributed by atoms with van der Waals surface area (Å²) in [6.45, 7) is 1.80. The monoisotopic (exact) mass is 346 g/mol. The van der Waals surface area contributed by atoms with Gasteiger partial charge in [0, 0.05) is 23.9 Å². The minimum Gasteiger partial charge on any atom is -0.482 e. The average molecular weight is 347 g/mol. The number of ether oxygens (including phenoxy) is 1. The van der Waals surface area contributed by atoms with Crippen LogP contribution in [0.25, 0.3) is 0 Å². The lowest BCUT2D eigenvalue weighted by Gasteiger charge is -2.22. The SMILES string of the molecule is C[C@@H]1Cc2ccccc2N1C(=O)COc1ccc([N+](=O)[O-])cc1Cl. The summed E-state index contributed by atoms with van der Waals surface area (Å²) >= 11 is 5.97. The maximum atomic E-state index is 12.5. The van der Waals surface area contributed by atoms with Crippen molar-refractivity contribution in [2.45, 2.75) is 19.4 Å². The second kappa shape index (κ2) is 6.49. The number of fused-ring (bicyclic) bond motifs is 1. The second-order valence-corrected chi connectivity index (χ2v) is 6.01. The van der Waals surface area contributed by atoms with Gasteiger partial charge in [0.25, 0.3) is 11.6 Å². The maximum Gasteiger partial charge on any atom is 0.271 e. The summed E-state index contributed by atoms with van der Waals surface area (Å²) in [5, 5.41) is 10.8. The van der Waals surface area contributed by atoms with E-state index in [0.29, 0.717) is 0 Å². The molecule has 0 aliphatic carbocycles. The zero-order chi connectivity index (χ0) is 17.3. The Kier molecular flexibility index (Phi) is 4.40. The summed E-state index contributed by atoms with van der Waals surface area (Å²) in [5.74, 6) is 0.0672. The first kappa shape index (κ1) is 16.3. The highest BCUT2D eigenvalue weighted by Gasteiger charge is 2.30. The Morgan fingerprint density at radius 1 is 1.38 bits per heavy atom. The van der Waals surface area contributed by atoms with Gasteiger partial charge in [0.1, 0.15) is 5.75 Å². The number of nitro benzene ring substituents is 1. The van der Waals surface area contributed by atoms with Crippen LogP contribution in [0.1, 0.15) is 12.5 Å². The molecule has 0 fully saturated rings. The number of amides is 1. The Morgan fingerprint density at radius 2 is 2.12 bits per heavy atom. The highest BCUT2D eigenvalue weighted by molar-refractivity contribution is 6.32. The van der Waals surface area contributed by atoms with E-state index in [4.69, 9.17) is 16.3 Å². The van der Waals surface area contributed by atoms with Crippen molar-refractivity contribution in [2.75, 3.05) is 11.5 Å². The number of anilines is 1. The van der Waals surface area contributed by atoms with Crippen molar-refractivity contribution in [1.82, 2.24) is 0 Å². The summed E-state index contributed by atoms with van der Waals surface area (Å²) in [4.78, 5) is 24.4. The number of hydrogen-bond donors (Lipinski definition) is 0. The molecule has 0 saturated carbocycles. The second-order valence-electron chi connectivity index (χ2n) is 5.61. The summed E-state index contributed by atoms with van der Waals surface area (Å²) in [5.41, 5.74) is 1.90. The van der Waals surface area contributed by atoms with Crippen LogP contribution in [0, 0.1) is 10.1 Å². The van der Waals surface area contributed by atoms with Crippen molar-refractivity contribution in [3.8, 4) is 5.75 Å². The van der Waals surface area contributed by atoms with Gasteiger partial charge in [0.05, 0.1) is 9.95 Å². The predicted octanol–water partition coefficient (Wildman–Crippen LogP) is 3.60. The number of benzene rings is 2. The van der Waals surface area contributed by atoms with Gasteiger partial charge in [-0.15, -0.1) is 0 Å². The summed E-state index contributed by atoms with van der Waals surface area (Å²) in [6, 6.07) is 11.7. The molecule has 1 heterocycles. The molecule has 1 atom stereocenters. The van der Waals surface area contributed by atoms with Crippen molar-refractivity contribution in [1.29, 1.82) is 0 Å². The molecule has 0 aromatic heterocycles. The minimum absolute atomic E-state index is 0.0610. The number of para-hydroxylation sites is 1. The molecule has 6 nitrogen and oxygen atoms in total. The fourth-order valence-corrected chi connectivity index (χ4v) is 3.10. The third-order valence-corrected chi connectivity index (χ3v) is 4.25. The molecule has 7 heteroatoms. The molecule has 0 radical (unpaired) electrons. The molecular weight excluding hydrogens is 332 g/mol. The fourth-order valence-electron chi connectivity index (χ4n) is 2.87. The third-order valence-electron chi connectivity index (χ3n) is 3.95.